The number of methoxy groups -OCH3 is 1. The van der Waals surface area contributed by atoms with Gasteiger partial charge in [-0.1, -0.05) is 49.6 Å². The van der Waals surface area contributed by atoms with Crippen LogP contribution >= 0.6 is 0 Å². The van der Waals surface area contributed by atoms with Gasteiger partial charge in [-0.3, -0.25) is 4.79 Å². The number of rotatable bonds is 3. The highest BCUT2D eigenvalue weighted by molar-refractivity contribution is 6.12. The van der Waals surface area contributed by atoms with E-state index in [1.54, 1.807) is 7.11 Å². The second-order valence-electron chi connectivity index (χ2n) is 6.82. The van der Waals surface area contributed by atoms with Gasteiger partial charge in [-0.15, -0.1) is 0 Å². The Hall–Kier alpha value is -2.55. The summed E-state index contributed by atoms with van der Waals surface area (Å²) in [7, 11) is 1.67. The molecule has 1 aliphatic carbocycles. The summed E-state index contributed by atoms with van der Waals surface area (Å²) in [6.45, 7) is 0. The lowest BCUT2D eigenvalue weighted by Crippen LogP contribution is -2.36. The summed E-state index contributed by atoms with van der Waals surface area (Å²) < 4.78 is 5.24. The molecule has 0 saturated heterocycles. The van der Waals surface area contributed by atoms with Crippen LogP contribution in [0.4, 0.5) is 0 Å². The number of hydrogen-bond acceptors (Lipinski definition) is 2. The van der Waals surface area contributed by atoms with Crippen LogP contribution in [0, 0.1) is 0 Å². The summed E-state index contributed by atoms with van der Waals surface area (Å²) >= 11 is 0. The maximum Gasteiger partial charge on any atom is 0.259 e. The van der Waals surface area contributed by atoms with E-state index in [0.29, 0.717) is 6.04 Å². The maximum absolute atomic E-state index is 13.1. The number of fused-ring (bicyclic) bond motifs is 1. The molecule has 0 spiro atoms. The molecule has 0 bridgehead atoms. The van der Waals surface area contributed by atoms with Gasteiger partial charge in [-0.2, -0.15) is 0 Å². The molecular weight excluding hydrogens is 310 g/mol. The Labute approximate surface area is 148 Å². The second kappa shape index (κ2) is 6.75. The fraction of sp³-hybridized carbons (Fsp3) is 0.318. The van der Waals surface area contributed by atoms with Gasteiger partial charge >= 0.3 is 0 Å². The standard InChI is InChI=1S/C22H23NO2/c1-25-18-13-11-16(12-14-18)15-21-19-9-5-6-10-20(19)22(24)23(21)17-7-3-2-4-8-17/h5-6,9-15,17H,2-4,7-8H2,1H3/b21-15-. The fourth-order valence-corrected chi connectivity index (χ4v) is 3.97. The lowest BCUT2D eigenvalue weighted by atomic mass is 9.94. The van der Waals surface area contributed by atoms with Crippen LogP contribution < -0.4 is 4.74 Å². The normalized spacial score (nSPS) is 19.3. The summed E-state index contributed by atoms with van der Waals surface area (Å²) in [5.41, 5.74) is 4.00. The highest BCUT2D eigenvalue weighted by Gasteiger charge is 2.36. The molecule has 1 saturated carbocycles. The van der Waals surface area contributed by atoms with Crippen LogP contribution in [0.15, 0.2) is 48.5 Å². The topological polar surface area (TPSA) is 29.5 Å². The SMILES string of the molecule is COc1ccc(/C=C2/c3ccccc3C(=O)N2C2CCCCC2)cc1. The summed E-state index contributed by atoms with van der Waals surface area (Å²) in [5.74, 6) is 0.997. The van der Waals surface area contributed by atoms with E-state index in [-0.39, 0.29) is 5.91 Å². The van der Waals surface area contributed by atoms with Gasteiger partial charge in [0.05, 0.1) is 12.8 Å². The Morgan fingerprint density at radius 3 is 2.32 bits per heavy atom. The van der Waals surface area contributed by atoms with Gasteiger partial charge in [0.25, 0.3) is 5.91 Å². The Kier molecular flexibility index (Phi) is 4.31. The van der Waals surface area contributed by atoms with Crippen LogP contribution in [0.3, 0.4) is 0 Å². The molecule has 1 fully saturated rings. The van der Waals surface area contributed by atoms with E-state index in [9.17, 15) is 4.79 Å². The lowest BCUT2D eigenvalue weighted by Gasteiger charge is -2.32. The molecule has 0 N–H and O–H groups in total. The van der Waals surface area contributed by atoms with Crippen molar-refractivity contribution in [2.45, 2.75) is 38.1 Å². The molecule has 25 heavy (non-hydrogen) atoms. The van der Waals surface area contributed by atoms with Gasteiger partial charge in [0, 0.05) is 17.2 Å². The monoisotopic (exact) mass is 333 g/mol. The van der Waals surface area contributed by atoms with Crippen molar-refractivity contribution in [2.24, 2.45) is 0 Å². The summed E-state index contributed by atoms with van der Waals surface area (Å²) in [6, 6.07) is 16.3. The average molecular weight is 333 g/mol. The summed E-state index contributed by atoms with van der Waals surface area (Å²) in [6.07, 6.45) is 8.03. The Morgan fingerprint density at radius 2 is 1.64 bits per heavy atom. The van der Waals surface area contributed by atoms with Crippen molar-refractivity contribution in [3.05, 3.63) is 65.2 Å². The largest absolute Gasteiger partial charge is 0.497 e. The quantitative estimate of drug-likeness (QED) is 0.792. The zero-order valence-corrected chi connectivity index (χ0v) is 14.6. The van der Waals surface area contributed by atoms with E-state index in [1.807, 2.05) is 47.4 Å². The predicted molar refractivity (Wildman–Crippen MR) is 100 cm³/mol. The minimum atomic E-state index is 0.155. The van der Waals surface area contributed by atoms with Gasteiger partial charge in [-0.05, 0) is 42.7 Å². The number of carbonyl (C=O) groups excluding carboxylic acids is 1. The second-order valence-corrected chi connectivity index (χ2v) is 6.82. The first-order chi connectivity index (χ1) is 12.3. The molecule has 1 amide bonds. The third-order valence-electron chi connectivity index (χ3n) is 5.27. The van der Waals surface area contributed by atoms with E-state index >= 15 is 0 Å². The molecule has 3 heteroatoms. The number of benzene rings is 2. The molecule has 0 unspecified atom stereocenters. The molecule has 2 aromatic carbocycles. The first-order valence-electron chi connectivity index (χ1n) is 9.06. The molecule has 4 rings (SSSR count). The number of carbonyl (C=O) groups is 1. The maximum atomic E-state index is 13.1. The van der Waals surface area contributed by atoms with E-state index in [1.165, 1.54) is 19.3 Å². The molecule has 1 heterocycles. The van der Waals surface area contributed by atoms with Crippen molar-refractivity contribution in [2.75, 3.05) is 7.11 Å². The molecule has 2 aliphatic rings. The average Bonchev–Trinajstić information content (AvgIpc) is 2.95. The minimum Gasteiger partial charge on any atom is -0.497 e. The first-order valence-corrected chi connectivity index (χ1v) is 9.06. The van der Waals surface area contributed by atoms with Crippen LogP contribution in [-0.4, -0.2) is 24.0 Å². The molecule has 2 aromatic rings. The third-order valence-corrected chi connectivity index (χ3v) is 5.27. The van der Waals surface area contributed by atoms with Gasteiger partial charge in [0.15, 0.2) is 0 Å². The number of amides is 1. The lowest BCUT2D eigenvalue weighted by molar-refractivity contribution is 0.0778. The Balaban J connectivity index is 1.76. The van der Waals surface area contributed by atoms with Crippen molar-refractivity contribution < 1.29 is 9.53 Å². The molecule has 0 aromatic heterocycles. The predicted octanol–water partition coefficient (Wildman–Crippen LogP) is 4.98. The van der Waals surface area contributed by atoms with Gasteiger partial charge < -0.3 is 9.64 Å². The Bertz CT molecular complexity index is 801. The third kappa shape index (κ3) is 2.95. The van der Waals surface area contributed by atoms with Crippen LogP contribution in [0.5, 0.6) is 5.75 Å². The highest BCUT2D eigenvalue weighted by Crippen LogP contribution is 2.39. The summed E-state index contributed by atoms with van der Waals surface area (Å²) in [4.78, 5) is 15.1. The van der Waals surface area contributed by atoms with Gasteiger partial charge in [0.1, 0.15) is 5.75 Å². The van der Waals surface area contributed by atoms with E-state index in [0.717, 1.165) is 41.0 Å². The number of ether oxygens (including phenoxy) is 1. The smallest absolute Gasteiger partial charge is 0.259 e. The van der Waals surface area contributed by atoms with Gasteiger partial charge in [0.2, 0.25) is 0 Å². The molecule has 3 nitrogen and oxygen atoms in total. The minimum absolute atomic E-state index is 0.155. The van der Waals surface area contributed by atoms with E-state index in [4.69, 9.17) is 4.74 Å². The zero-order valence-electron chi connectivity index (χ0n) is 14.6. The molecule has 1 aliphatic heterocycles. The zero-order chi connectivity index (χ0) is 17.2. The van der Waals surface area contributed by atoms with Crippen LogP contribution in [0.1, 0.15) is 53.6 Å². The number of hydrogen-bond donors (Lipinski definition) is 0. The fourth-order valence-electron chi connectivity index (χ4n) is 3.97. The molecular formula is C22H23NO2. The van der Waals surface area contributed by atoms with E-state index in [2.05, 4.69) is 12.1 Å². The van der Waals surface area contributed by atoms with Gasteiger partial charge in [-0.25, -0.2) is 0 Å². The summed E-state index contributed by atoms with van der Waals surface area (Å²) in [5, 5.41) is 0. The van der Waals surface area contributed by atoms with Crippen LogP contribution in [-0.2, 0) is 0 Å². The van der Waals surface area contributed by atoms with Crippen molar-refractivity contribution in [3.63, 3.8) is 0 Å². The van der Waals surface area contributed by atoms with Crippen molar-refractivity contribution >= 4 is 17.7 Å². The number of nitrogens with zero attached hydrogens (tertiary/aromatic N) is 1. The molecule has 0 radical (unpaired) electrons. The highest BCUT2D eigenvalue weighted by atomic mass is 16.5. The van der Waals surface area contributed by atoms with Crippen LogP contribution in [0.2, 0.25) is 0 Å². The van der Waals surface area contributed by atoms with Crippen LogP contribution in [0.25, 0.3) is 11.8 Å². The molecule has 0 atom stereocenters. The van der Waals surface area contributed by atoms with Crippen molar-refractivity contribution in [1.82, 2.24) is 4.90 Å². The van der Waals surface area contributed by atoms with Crippen molar-refractivity contribution in [3.8, 4) is 5.75 Å². The van der Waals surface area contributed by atoms with E-state index < -0.39 is 0 Å². The first kappa shape index (κ1) is 15.9. The Morgan fingerprint density at radius 1 is 0.960 bits per heavy atom. The molecule has 128 valence electrons. The van der Waals surface area contributed by atoms with Crippen molar-refractivity contribution in [1.29, 1.82) is 0 Å².